The zero-order chi connectivity index (χ0) is 10.8. The monoisotopic (exact) mass is 228 g/mol. The van der Waals surface area contributed by atoms with Gasteiger partial charge in [-0.1, -0.05) is 35.6 Å². The summed E-state index contributed by atoms with van der Waals surface area (Å²) in [4.78, 5) is 0. The highest BCUT2D eigenvalue weighted by Crippen LogP contribution is 2.20. The van der Waals surface area contributed by atoms with Crippen LogP contribution in [0.1, 0.15) is 10.6 Å². The molecule has 0 aliphatic carbocycles. The van der Waals surface area contributed by atoms with Gasteiger partial charge < -0.3 is 0 Å². The molecule has 0 bridgehead atoms. The van der Waals surface area contributed by atoms with Gasteiger partial charge in [-0.2, -0.15) is 5.10 Å². The molecule has 78 valence electrons. The Hall–Kier alpha value is -2.01. The molecule has 2 heterocycles. The van der Waals surface area contributed by atoms with E-state index in [4.69, 9.17) is 0 Å². The number of allylic oxidation sites excluding steroid dienone is 1. The maximum absolute atomic E-state index is 4.29. The van der Waals surface area contributed by atoms with Crippen molar-refractivity contribution in [3.05, 3.63) is 46.4 Å². The average molecular weight is 228 g/mol. The standard InChI is InChI=1S/C11H8N4S/c1-2-4-9-8(3-1)5-6-10(14-13-9)11-15-12-7-16-11/h1-7,13H. The number of benzene rings is 1. The lowest BCUT2D eigenvalue weighted by Gasteiger charge is -2.01. The molecule has 1 aromatic carbocycles. The first kappa shape index (κ1) is 9.23. The number of nitrogens with one attached hydrogen (secondary N) is 1. The summed E-state index contributed by atoms with van der Waals surface area (Å²) < 4.78 is 0. The fourth-order valence-electron chi connectivity index (χ4n) is 1.47. The van der Waals surface area contributed by atoms with E-state index < -0.39 is 0 Å². The van der Waals surface area contributed by atoms with Gasteiger partial charge in [0.2, 0.25) is 0 Å². The van der Waals surface area contributed by atoms with Crippen molar-refractivity contribution in [3.63, 3.8) is 0 Å². The van der Waals surface area contributed by atoms with Crippen molar-refractivity contribution >= 4 is 28.8 Å². The Labute approximate surface area is 96.4 Å². The number of hydrogen-bond donors (Lipinski definition) is 1. The minimum atomic E-state index is 0.804. The molecule has 0 unspecified atom stereocenters. The number of hydrazone groups is 1. The van der Waals surface area contributed by atoms with Crippen molar-refractivity contribution in [1.82, 2.24) is 10.2 Å². The van der Waals surface area contributed by atoms with Gasteiger partial charge in [0.05, 0.1) is 5.69 Å². The summed E-state index contributed by atoms with van der Waals surface area (Å²) in [7, 11) is 0. The molecular weight excluding hydrogens is 220 g/mol. The molecule has 0 fully saturated rings. The Bertz CT molecular complexity index is 557. The highest BCUT2D eigenvalue weighted by Gasteiger charge is 2.08. The van der Waals surface area contributed by atoms with E-state index in [1.54, 1.807) is 5.51 Å². The molecule has 3 rings (SSSR count). The SMILES string of the molecule is C1=Cc2ccccc2NN=C1c1nncs1. The predicted molar refractivity (Wildman–Crippen MR) is 65.5 cm³/mol. The molecule has 0 saturated heterocycles. The Morgan fingerprint density at radius 2 is 2.06 bits per heavy atom. The first-order valence-corrected chi connectivity index (χ1v) is 5.69. The third-order valence-corrected chi connectivity index (χ3v) is 2.97. The molecular formula is C11H8N4S. The van der Waals surface area contributed by atoms with Gasteiger partial charge >= 0.3 is 0 Å². The zero-order valence-electron chi connectivity index (χ0n) is 8.29. The van der Waals surface area contributed by atoms with Gasteiger partial charge in [0.25, 0.3) is 0 Å². The summed E-state index contributed by atoms with van der Waals surface area (Å²) in [5.74, 6) is 0. The normalized spacial score (nSPS) is 13.6. The molecule has 1 aromatic heterocycles. The van der Waals surface area contributed by atoms with Crippen LogP contribution in [0.15, 0.2) is 41.0 Å². The summed E-state index contributed by atoms with van der Waals surface area (Å²) in [5.41, 5.74) is 7.65. The van der Waals surface area contributed by atoms with Gasteiger partial charge in [-0.3, -0.25) is 5.43 Å². The van der Waals surface area contributed by atoms with Crippen LogP contribution in [0.5, 0.6) is 0 Å². The Morgan fingerprint density at radius 3 is 2.94 bits per heavy atom. The van der Waals surface area contributed by atoms with E-state index in [-0.39, 0.29) is 0 Å². The summed E-state index contributed by atoms with van der Waals surface area (Å²) in [6.45, 7) is 0. The lowest BCUT2D eigenvalue weighted by molar-refractivity contribution is 1.08. The van der Waals surface area contributed by atoms with E-state index in [0.717, 1.165) is 22.0 Å². The minimum Gasteiger partial charge on any atom is -0.277 e. The second-order valence-electron chi connectivity index (χ2n) is 3.27. The molecule has 0 atom stereocenters. The van der Waals surface area contributed by atoms with E-state index in [1.807, 2.05) is 36.4 Å². The zero-order valence-corrected chi connectivity index (χ0v) is 9.11. The topological polar surface area (TPSA) is 50.2 Å². The number of rotatable bonds is 1. The number of anilines is 1. The maximum atomic E-state index is 4.29. The van der Waals surface area contributed by atoms with E-state index in [0.29, 0.717) is 0 Å². The van der Waals surface area contributed by atoms with Gasteiger partial charge in [-0.05, 0) is 17.7 Å². The highest BCUT2D eigenvalue weighted by atomic mass is 32.1. The minimum absolute atomic E-state index is 0.804. The first-order chi connectivity index (χ1) is 7.93. The van der Waals surface area contributed by atoms with Crippen LogP contribution in [-0.4, -0.2) is 15.9 Å². The quantitative estimate of drug-likeness (QED) is 0.815. The van der Waals surface area contributed by atoms with Crippen molar-refractivity contribution in [2.45, 2.75) is 0 Å². The molecule has 0 saturated carbocycles. The van der Waals surface area contributed by atoms with E-state index in [9.17, 15) is 0 Å². The van der Waals surface area contributed by atoms with Crippen LogP contribution in [-0.2, 0) is 0 Å². The molecule has 1 aliphatic rings. The fraction of sp³-hybridized carbons (Fsp3) is 0. The summed E-state index contributed by atoms with van der Waals surface area (Å²) in [5, 5.41) is 12.9. The second-order valence-corrected chi connectivity index (χ2v) is 4.11. The Kier molecular flexibility index (Phi) is 2.23. The molecule has 0 radical (unpaired) electrons. The Morgan fingerprint density at radius 1 is 1.12 bits per heavy atom. The van der Waals surface area contributed by atoms with Crippen LogP contribution in [0.2, 0.25) is 0 Å². The molecule has 1 aliphatic heterocycles. The molecule has 1 N–H and O–H groups in total. The highest BCUT2D eigenvalue weighted by molar-refractivity contribution is 7.11. The first-order valence-electron chi connectivity index (χ1n) is 4.81. The van der Waals surface area contributed by atoms with Gasteiger partial charge in [0.15, 0.2) is 5.01 Å². The maximum Gasteiger partial charge on any atom is 0.167 e. The third-order valence-electron chi connectivity index (χ3n) is 2.26. The van der Waals surface area contributed by atoms with Crippen LogP contribution in [0, 0.1) is 0 Å². The number of aromatic nitrogens is 2. The lowest BCUT2D eigenvalue weighted by Crippen LogP contribution is -1.99. The van der Waals surface area contributed by atoms with Crippen LogP contribution < -0.4 is 5.43 Å². The molecule has 4 nitrogen and oxygen atoms in total. The van der Waals surface area contributed by atoms with Crippen LogP contribution >= 0.6 is 11.3 Å². The number of fused-ring (bicyclic) bond motifs is 1. The summed E-state index contributed by atoms with van der Waals surface area (Å²) >= 11 is 1.47. The van der Waals surface area contributed by atoms with Crippen molar-refractivity contribution in [3.8, 4) is 0 Å². The lowest BCUT2D eigenvalue weighted by atomic mass is 10.1. The van der Waals surface area contributed by atoms with Gasteiger partial charge in [0, 0.05) is 0 Å². The smallest absolute Gasteiger partial charge is 0.167 e. The van der Waals surface area contributed by atoms with Gasteiger partial charge in [-0.25, -0.2) is 0 Å². The van der Waals surface area contributed by atoms with E-state index in [1.165, 1.54) is 11.3 Å². The average Bonchev–Trinajstić information content (AvgIpc) is 2.76. The van der Waals surface area contributed by atoms with Gasteiger partial charge in [-0.15, -0.1) is 10.2 Å². The van der Waals surface area contributed by atoms with Crippen LogP contribution in [0.4, 0.5) is 5.69 Å². The van der Waals surface area contributed by atoms with E-state index in [2.05, 4.69) is 20.7 Å². The summed E-state index contributed by atoms with van der Waals surface area (Å²) in [6.07, 6.45) is 3.97. The third kappa shape index (κ3) is 1.61. The number of nitrogens with zero attached hydrogens (tertiary/aromatic N) is 3. The second kappa shape index (κ2) is 3.86. The largest absolute Gasteiger partial charge is 0.277 e. The fourth-order valence-corrected chi connectivity index (χ4v) is 2.00. The van der Waals surface area contributed by atoms with Crippen LogP contribution in [0.25, 0.3) is 6.08 Å². The summed E-state index contributed by atoms with van der Waals surface area (Å²) in [6, 6.07) is 8.01. The van der Waals surface area contributed by atoms with E-state index >= 15 is 0 Å². The molecule has 2 aromatic rings. The predicted octanol–water partition coefficient (Wildman–Crippen LogP) is 2.38. The molecule has 16 heavy (non-hydrogen) atoms. The number of hydrogen-bond acceptors (Lipinski definition) is 5. The molecule has 0 spiro atoms. The Balaban J connectivity index is 2.01. The molecule has 5 heteroatoms. The van der Waals surface area contributed by atoms with Crippen molar-refractivity contribution in [2.24, 2.45) is 5.10 Å². The molecule has 0 amide bonds. The van der Waals surface area contributed by atoms with Crippen LogP contribution in [0.3, 0.4) is 0 Å². The van der Waals surface area contributed by atoms with Crippen molar-refractivity contribution < 1.29 is 0 Å². The van der Waals surface area contributed by atoms with Crippen molar-refractivity contribution in [1.29, 1.82) is 0 Å². The van der Waals surface area contributed by atoms with Crippen molar-refractivity contribution in [2.75, 3.05) is 5.43 Å². The number of para-hydroxylation sites is 1. The van der Waals surface area contributed by atoms with Gasteiger partial charge in [0.1, 0.15) is 11.2 Å².